The van der Waals surface area contributed by atoms with Gasteiger partial charge in [-0.2, -0.15) is 18.4 Å². The van der Waals surface area contributed by atoms with E-state index >= 15 is 0 Å². The first-order valence-electron chi connectivity index (χ1n) is 8.82. The van der Waals surface area contributed by atoms with Crippen LogP contribution in [-0.2, 0) is 28.0 Å². The summed E-state index contributed by atoms with van der Waals surface area (Å²) in [6.07, 6.45) is -4.46. The van der Waals surface area contributed by atoms with E-state index in [2.05, 4.69) is 0 Å². The molecule has 0 aliphatic rings. The maximum atomic E-state index is 14.7. The van der Waals surface area contributed by atoms with E-state index in [1.807, 2.05) is 0 Å². The first-order chi connectivity index (χ1) is 14.6. The fraction of sp³-hybridized carbons (Fsp3) is 0.333. The van der Waals surface area contributed by atoms with E-state index in [1.165, 1.54) is 6.07 Å². The molecule has 1 aromatic heterocycles. The summed E-state index contributed by atoms with van der Waals surface area (Å²) < 4.78 is 78.7. The third-order valence-corrected chi connectivity index (χ3v) is 5.34. The van der Waals surface area contributed by atoms with Gasteiger partial charge in [0.1, 0.15) is 17.6 Å². The number of anilines is 1. The quantitative estimate of drug-likeness (QED) is 0.605. The Hall–Kier alpha value is -3.47. The van der Waals surface area contributed by atoms with Gasteiger partial charge in [-0.15, -0.1) is 0 Å². The summed E-state index contributed by atoms with van der Waals surface area (Å²) in [7, 11) is -3.64. The number of hydrogen-bond acceptors (Lipinski definition) is 6. The minimum absolute atomic E-state index is 0.0417. The summed E-state index contributed by atoms with van der Waals surface area (Å²) in [4.78, 5) is 37.2. The molecule has 0 N–H and O–H groups in total. The molecular formula is C18H16F4N4O5S. The Labute approximate surface area is 178 Å². The van der Waals surface area contributed by atoms with Crippen LogP contribution >= 0.6 is 0 Å². The Morgan fingerprint density at radius 3 is 2.28 bits per heavy atom. The topological polar surface area (TPSA) is 122 Å². The molecule has 0 unspecified atom stereocenters. The number of alkyl halides is 3. The fourth-order valence-corrected chi connectivity index (χ4v) is 3.88. The molecule has 1 amide bonds. The van der Waals surface area contributed by atoms with Crippen molar-refractivity contribution in [1.29, 1.82) is 5.26 Å². The van der Waals surface area contributed by atoms with Crippen molar-refractivity contribution in [1.82, 2.24) is 9.13 Å². The first kappa shape index (κ1) is 24.8. The summed E-state index contributed by atoms with van der Waals surface area (Å²) in [5, 5.41) is 9.30. The number of amides is 1. The number of carbonyl (C=O) groups excluding carboxylic acids is 1. The Morgan fingerprint density at radius 2 is 1.81 bits per heavy atom. The lowest BCUT2D eigenvalue weighted by molar-refractivity contribution is -0.144. The standard InChI is InChI=1S/C18H16F4N4O5S/c1-4-5-15(27)26(32(3,30)31)12-7-13(11(19)6-10(12)9-23)25-16(28)8-14(18(20,21)22)24(2)17(25)29/h6-8H,4-5H2,1-3H3. The highest BCUT2D eigenvalue weighted by molar-refractivity contribution is 7.92. The van der Waals surface area contributed by atoms with E-state index in [0.717, 1.165) is 0 Å². The molecule has 32 heavy (non-hydrogen) atoms. The summed E-state index contributed by atoms with van der Waals surface area (Å²) in [6.45, 7) is 1.57. The van der Waals surface area contributed by atoms with Crippen molar-refractivity contribution in [2.45, 2.75) is 25.9 Å². The second-order valence-corrected chi connectivity index (χ2v) is 8.48. The van der Waals surface area contributed by atoms with Gasteiger partial charge < -0.3 is 0 Å². The maximum absolute atomic E-state index is 14.7. The third-order valence-electron chi connectivity index (χ3n) is 4.28. The van der Waals surface area contributed by atoms with E-state index in [4.69, 9.17) is 0 Å². The lowest BCUT2D eigenvalue weighted by atomic mass is 10.1. The van der Waals surface area contributed by atoms with Gasteiger partial charge in [0.05, 0.1) is 23.2 Å². The molecule has 2 rings (SSSR count). The van der Waals surface area contributed by atoms with Crippen molar-refractivity contribution in [3.05, 3.63) is 56.1 Å². The molecule has 172 valence electrons. The zero-order valence-corrected chi connectivity index (χ0v) is 17.7. The van der Waals surface area contributed by atoms with Gasteiger partial charge in [-0.3, -0.25) is 14.2 Å². The number of benzene rings is 1. The molecule has 0 aliphatic carbocycles. The average molecular weight is 476 g/mol. The molecule has 0 spiro atoms. The molecule has 0 radical (unpaired) electrons. The van der Waals surface area contributed by atoms with Gasteiger partial charge in [0, 0.05) is 19.5 Å². The highest BCUT2D eigenvalue weighted by atomic mass is 32.2. The normalized spacial score (nSPS) is 11.8. The fourth-order valence-electron chi connectivity index (χ4n) is 2.91. The van der Waals surface area contributed by atoms with Crippen LogP contribution in [0.25, 0.3) is 5.69 Å². The zero-order valence-electron chi connectivity index (χ0n) is 16.9. The molecule has 1 aromatic carbocycles. The Kier molecular flexibility index (Phi) is 6.65. The van der Waals surface area contributed by atoms with Crippen LogP contribution in [0.4, 0.5) is 23.2 Å². The molecule has 0 saturated carbocycles. The summed E-state index contributed by atoms with van der Waals surface area (Å²) in [6, 6.07) is 2.64. The van der Waals surface area contributed by atoms with E-state index < -0.39 is 61.8 Å². The molecule has 0 bridgehead atoms. The van der Waals surface area contributed by atoms with Gasteiger partial charge in [-0.1, -0.05) is 6.92 Å². The minimum Gasteiger partial charge on any atom is -0.292 e. The number of hydrogen-bond donors (Lipinski definition) is 0. The van der Waals surface area contributed by atoms with Crippen molar-refractivity contribution < 1.29 is 30.8 Å². The van der Waals surface area contributed by atoms with Crippen LogP contribution in [0, 0.1) is 17.1 Å². The van der Waals surface area contributed by atoms with Crippen LogP contribution in [0.1, 0.15) is 31.0 Å². The van der Waals surface area contributed by atoms with Crippen LogP contribution < -0.4 is 15.6 Å². The summed E-state index contributed by atoms with van der Waals surface area (Å²) >= 11 is 0. The van der Waals surface area contributed by atoms with Crippen molar-refractivity contribution in [3.8, 4) is 11.8 Å². The van der Waals surface area contributed by atoms with Crippen LogP contribution in [0.2, 0.25) is 0 Å². The molecule has 0 atom stereocenters. The van der Waals surface area contributed by atoms with Gasteiger partial charge in [-0.25, -0.2) is 26.5 Å². The SMILES string of the molecule is CCCC(=O)N(c1cc(-n2c(=O)cc(C(F)(F)F)n(C)c2=O)c(F)cc1C#N)S(C)(=O)=O. The molecule has 0 aliphatic heterocycles. The van der Waals surface area contributed by atoms with Crippen LogP contribution in [-0.4, -0.2) is 29.7 Å². The summed E-state index contributed by atoms with van der Waals surface area (Å²) in [5.41, 5.74) is -6.92. The molecule has 9 nitrogen and oxygen atoms in total. The van der Waals surface area contributed by atoms with E-state index in [-0.39, 0.29) is 32.3 Å². The van der Waals surface area contributed by atoms with Gasteiger partial charge in [0.25, 0.3) is 5.56 Å². The molecule has 2 aromatic rings. The number of aromatic nitrogens is 2. The molecule has 14 heteroatoms. The monoisotopic (exact) mass is 476 g/mol. The summed E-state index contributed by atoms with van der Waals surface area (Å²) in [5.74, 6) is -2.35. The van der Waals surface area contributed by atoms with Crippen LogP contribution in [0.5, 0.6) is 0 Å². The van der Waals surface area contributed by atoms with E-state index in [9.17, 15) is 45.6 Å². The van der Waals surface area contributed by atoms with Crippen molar-refractivity contribution in [2.75, 3.05) is 10.6 Å². The van der Waals surface area contributed by atoms with Gasteiger partial charge in [0.2, 0.25) is 15.9 Å². The van der Waals surface area contributed by atoms with Gasteiger partial charge >= 0.3 is 11.9 Å². The highest BCUT2D eigenvalue weighted by Gasteiger charge is 2.35. The van der Waals surface area contributed by atoms with Crippen molar-refractivity contribution in [2.24, 2.45) is 7.05 Å². The predicted octanol–water partition coefficient (Wildman–Crippen LogP) is 1.66. The smallest absolute Gasteiger partial charge is 0.292 e. The maximum Gasteiger partial charge on any atom is 0.431 e. The molecular weight excluding hydrogens is 460 g/mol. The highest BCUT2D eigenvalue weighted by Crippen LogP contribution is 2.29. The molecule has 0 fully saturated rings. The Morgan fingerprint density at radius 1 is 1.22 bits per heavy atom. The molecule has 1 heterocycles. The lowest BCUT2D eigenvalue weighted by Crippen LogP contribution is -2.41. The Bertz CT molecular complexity index is 1350. The average Bonchev–Trinajstić information content (AvgIpc) is 2.65. The van der Waals surface area contributed by atoms with Crippen LogP contribution in [0.3, 0.4) is 0 Å². The number of rotatable bonds is 5. The second-order valence-electron chi connectivity index (χ2n) is 6.65. The largest absolute Gasteiger partial charge is 0.431 e. The van der Waals surface area contributed by atoms with Crippen LogP contribution in [0.15, 0.2) is 27.8 Å². The number of sulfonamides is 1. The van der Waals surface area contributed by atoms with Gasteiger partial charge in [-0.05, 0) is 18.6 Å². The molecule has 0 saturated heterocycles. The number of nitrogens with zero attached hydrogens (tertiary/aromatic N) is 4. The number of carbonyl (C=O) groups is 1. The first-order valence-corrected chi connectivity index (χ1v) is 10.7. The lowest BCUT2D eigenvalue weighted by Gasteiger charge is -2.22. The van der Waals surface area contributed by atoms with E-state index in [1.54, 1.807) is 6.92 Å². The van der Waals surface area contributed by atoms with E-state index in [0.29, 0.717) is 25.4 Å². The minimum atomic E-state index is -5.06. The van der Waals surface area contributed by atoms with Crippen molar-refractivity contribution in [3.63, 3.8) is 0 Å². The number of halogens is 4. The Balaban J connectivity index is 2.95. The predicted molar refractivity (Wildman–Crippen MR) is 104 cm³/mol. The third kappa shape index (κ3) is 4.57. The zero-order chi connectivity index (χ0) is 24.6. The van der Waals surface area contributed by atoms with Crippen molar-refractivity contribution >= 4 is 21.6 Å². The number of nitriles is 1. The van der Waals surface area contributed by atoms with Gasteiger partial charge in [0.15, 0.2) is 0 Å². The second kappa shape index (κ2) is 8.58.